The molecular formula is C21H25N3O6S. The lowest BCUT2D eigenvalue weighted by Crippen LogP contribution is -2.37. The van der Waals surface area contributed by atoms with Crippen LogP contribution in [0.15, 0.2) is 41.3 Å². The average Bonchev–Trinajstić information content (AvgIpc) is 2.72. The first-order valence-corrected chi connectivity index (χ1v) is 11.1. The van der Waals surface area contributed by atoms with Crippen molar-refractivity contribution in [1.29, 1.82) is 0 Å². The Morgan fingerprint density at radius 3 is 2.71 bits per heavy atom. The molecule has 2 aromatic rings. The van der Waals surface area contributed by atoms with E-state index in [4.69, 9.17) is 9.47 Å². The first-order valence-electron chi connectivity index (χ1n) is 9.68. The summed E-state index contributed by atoms with van der Waals surface area (Å²) in [7, 11) is -1.14. The van der Waals surface area contributed by atoms with Crippen LogP contribution >= 0.6 is 0 Å². The first kappa shape index (κ1) is 22.6. The number of methoxy groups -OCH3 is 1. The van der Waals surface area contributed by atoms with E-state index in [0.717, 1.165) is 4.31 Å². The number of nitrogens with zero attached hydrogens (tertiary/aromatic N) is 1. The summed E-state index contributed by atoms with van der Waals surface area (Å²) in [4.78, 5) is 24.4. The number of carbonyl (C=O) groups is 2. The number of sulfonamides is 1. The van der Waals surface area contributed by atoms with Gasteiger partial charge in [0.25, 0.3) is 5.91 Å². The molecule has 0 aromatic heterocycles. The zero-order chi connectivity index (χ0) is 22.8. The van der Waals surface area contributed by atoms with Gasteiger partial charge in [-0.05, 0) is 37.1 Å². The summed E-state index contributed by atoms with van der Waals surface area (Å²) < 4.78 is 38.0. The molecule has 31 heavy (non-hydrogen) atoms. The molecule has 2 amide bonds. The fraction of sp³-hybridized carbons (Fsp3) is 0.333. The molecule has 1 aliphatic heterocycles. The number of carbonyl (C=O) groups excluding carboxylic acids is 2. The Morgan fingerprint density at radius 2 is 2.03 bits per heavy atom. The summed E-state index contributed by atoms with van der Waals surface area (Å²) in [5.74, 6) is 0.0895. The number of hydrogen-bond acceptors (Lipinski definition) is 6. The van der Waals surface area contributed by atoms with E-state index in [1.165, 1.54) is 20.2 Å². The van der Waals surface area contributed by atoms with Crippen LogP contribution in [0.2, 0.25) is 0 Å². The van der Waals surface area contributed by atoms with Crippen LogP contribution < -0.4 is 20.1 Å². The number of benzene rings is 2. The largest absolute Gasteiger partial charge is 0.497 e. The average molecular weight is 448 g/mol. The first-order chi connectivity index (χ1) is 14.6. The third-order valence-corrected chi connectivity index (χ3v) is 6.82. The SMILES string of the molecule is CC[C@@H]1Oc2cc(S(=O)(=O)N(C)CC(=O)Nc3cccc(OC)c3)c(C)cc2NC1=O. The number of likely N-dealkylation sites (N-methyl/N-ethyl adjacent to an activating group) is 1. The number of aryl methyl sites for hydroxylation is 1. The van der Waals surface area contributed by atoms with E-state index >= 15 is 0 Å². The molecule has 166 valence electrons. The second-order valence-electron chi connectivity index (χ2n) is 7.16. The quantitative estimate of drug-likeness (QED) is 0.674. The predicted octanol–water partition coefficient (Wildman–Crippen LogP) is 2.37. The molecular weight excluding hydrogens is 422 g/mol. The molecule has 1 atom stereocenters. The van der Waals surface area contributed by atoms with Crippen molar-refractivity contribution in [2.75, 3.05) is 31.3 Å². The lowest BCUT2D eigenvalue weighted by atomic mass is 10.1. The molecule has 9 nitrogen and oxygen atoms in total. The van der Waals surface area contributed by atoms with E-state index in [1.807, 2.05) is 0 Å². The van der Waals surface area contributed by atoms with Gasteiger partial charge in [-0.2, -0.15) is 4.31 Å². The van der Waals surface area contributed by atoms with Gasteiger partial charge in [-0.1, -0.05) is 13.0 Å². The van der Waals surface area contributed by atoms with Crippen LogP contribution in [0.1, 0.15) is 18.9 Å². The Hall–Kier alpha value is -3.11. The number of anilines is 2. The highest BCUT2D eigenvalue weighted by atomic mass is 32.2. The minimum atomic E-state index is -3.99. The molecule has 0 saturated carbocycles. The van der Waals surface area contributed by atoms with Crippen LogP contribution in [-0.2, 0) is 19.6 Å². The molecule has 0 saturated heterocycles. The van der Waals surface area contributed by atoms with Crippen LogP contribution in [0.25, 0.3) is 0 Å². The van der Waals surface area contributed by atoms with Crippen molar-refractivity contribution in [1.82, 2.24) is 4.31 Å². The third kappa shape index (κ3) is 4.80. The van der Waals surface area contributed by atoms with Crippen LogP contribution in [0.3, 0.4) is 0 Å². The number of amides is 2. The summed E-state index contributed by atoms with van der Waals surface area (Å²) in [5, 5.41) is 5.39. The molecule has 10 heteroatoms. The van der Waals surface area contributed by atoms with Gasteiger partial charge >= 0.3 is 0 Å². The predicted molar refractivity (Wildman–Crippen MR) is 116 cm³/mol. The topological polar surface area (TPSA) is 114 Å². The second kappa shape index (κ2) is 8.94. The van der Waals surface area contributed by atoms with Gasteiger partial charge in [-0.15, -0.1) is 0 Å². The smallest absolute Gasteiger partial charge is 0.265 e. The number of rotatable bonds is 7. The van der Waals surface area contributed by atoms with Crippen LogP contribution in [-0.4, -0.2) is 51.3 Å². The van der Waals surface area contributed by atoms with Gasteiger partial charge in [-0.25, -0.2) is 8.42 Å². The Bertz CT molecular complexity index is 1120. The summed E-state index contributed by atoms with van der Waals surface area (Å²) >= 11 is 0. The van der Waals surface area contributed by atoms with Crippen molar-refractivity contribution in [2.45, 2.75) is 31.3 Å². The monoisotopic (exact) mass is 447 g/mol. The summed E-state index contributed by atoms with van der Waals surface area (Å²) in [6, 6.07) is 9.70. The fourth-order valence-corrected chi connectivity index (χ4v) is 4.53. The number of hydrogen-bond donors (Lipinski definition) is 2. The van der Waals surface area contributed by atoms with Crippen LogP contribution in [0.5, 0.6) is 11.5 Å². The highest BCUT2D eigenvalue weighted by Gasteiger charge is 2.31. The van der Waals surface area contributed by atoms with E-state index < -0.39 is 22.0 Å². The standard InChI is InChI=1S/C21H25N3O6S/c1-5-17-21(26)23-16-9-13(2)19(11-18(16)30-17)31(27,28)24(3)12-20(25)22-14-7-6-8-15(10-14)29-4/h6-11,17H,5,12H2,1-4H3,(H,22,25)(H,23,26)/t17-/m0/s1. The zero-order valence-corrected chi connectivity index (χ0v) is 18.6. The second-order valence-corrected chi connectivity index (χ2v) is 9.17. The Labute approximate surface area is 181 Å². The highest BCUT2D eigenvalue weighted by molar-refractivity contribution is 7.89. The summed E-state index contributed by atoms with van der Waals surface area (Å²) in [5.41, 5.74) is 1.34. The normalized spacial score (nSPS) is 15.6. The van der Waals surface area contributed by atoms with Crippen molar-refractivity contribution < 1.29 is 27.5 Å². The van der Waals surface area contributed by atoms with E-state index in [-0.39, 0.29) is 23.1 Å². The fourth-order valence-electron chi connectivity index (χ4n) is 3.19. The molecule has 1 heterocycles. The molecule has 2 aromatic carbocycles. The van der Waals surface area contributed by atoms with Crippen molar-refractivity contribution in [2.24, 2.45) is 0 Å². The molecule has 0 radical (unpaired) electrons. The molecule has 2 N–H and O–H groups in total. The molecule has 0 spiro atoms. The molecule has 0 aliphatic carbocycles. The van der Waals surface area contributed by atoms with Gasteiger partial charge in [0.15, 0.2) is 6.10 Å². The van der Waals surface area contributed by atoms with Crippen LogP contribution in [0, 0.1) is 6.92 Å². The molecule has 0 fully saturated rings. The minimum Gasteiger partial charge on any atom is -0.497 e. The third-order valence-electron chi connectivity index (χ3n) is 4.88. The minimum absolute atomic E-state index is 0.00827. The zero-order valence-electron chi connectivity index (χ0n) is 17.8. The number of ether oxygens (including phenoxy) is 2. The Balaban J connectivity index is 1.79. The Kier molecular flexibility index (Phi) is 6.51. The summed E-state index contributed by atoms with van der Waals surface area (Å²) in [6.45, 7) is 3.04. The number of nitrogens with one attached hydrogen (secondary N) is 2. The van der Waals surface area contributed by atoms with Gasteiger partial charge in [0.05, 0.1) is 24.2 Å². The van der Waals surface area contributed by atoms with Gasteiger partial charge in [0.1, 0.15) is 11.5 Å². The van der Waals surface area contributed by atoms with Crippen LogP contribution in [0.4, 0.5) is 11.4 Å². The van der Waals surface area contributed by atoms with E-state index in [2.05, 4.69) is 10.6 Å². The van der Waals surface area contributed by atoms with E-state index in [9.17, 15) is 18.0 Å². The van der Waals surface area contributed by atoms with Gasteiger partial charge in [-0.3, -0.25) is 9.59 Å². The molecule has 3 rings (SSSR count). The maximum absolute atomic E-state index is 13.1. The Morgan fingerprint density at radius 1 is 1.29 bits per heavy atom. The van der Waals surface area contributed by atoms with Gasteiger partial charge < -0.3 is 20.1 Å². The van der Waals surface area contributed by atoms with Crippen molar-refractivity contribution in [3.05, 3.63) is 42.0 Å². The van der Waals surface area contributed by atoms with Crippen molar-refractivity contribution in [3.63, 3.8) is 0 Å². The lowest BCUT2D eigenvalue weighted by Gasteiger charge is -2.27. The van der Waals surface area contributed by atoms with Crippen molar-refractivity contribution in [3.8, 4) is 11.5 Å². The lowest BCUT2D eigenvalue weighted by molar-refractivity contribution is -0.123. The number of fused-ring (bicyclic) bond motifs is 1. The van der Waals surface area contributed by atoms with E-state index in [1.54, 1.807) is 44.2 Å². The highest BCUT2D eigenvalue weighted by Crippen LogP contribution is 2.35. The van der Waals surface area contributed by atoms with Gasteiger partial charge in [0.2, 0.25) is 15.9 Å². The molecule has 0 bridgehead atoms. The summed E-state index contributed by atoms with van der Waals surface area (Å²) in [6.07, 6.45) is -0.233. The van der Waals surface area contributed by atoms with Gasteiger partial charge in [0, 0.05) is 24.9 Å². The molecule has 1 aliphatic rings. The van der Waals surface area contributed by atoms with E-state index in [0.29, 0.717) is 29.1 Å². The maximum Gasteiger partial charge on any atom is 0.265 e. The van der Waals surface area contributed by atoms with Crippen molar-refractivity contribution >= 4 is 33.2 Å². The maximum atomic E-state index is 13.1. The molecule has 0 unspecified atom stereocenters.